The molecule has 2 aromatic rings. The average Bonchev–Trinajstić information content (AvgIpc) is 2.70. The van der Waals surface area contributed by atoms with Gasteiger partial charge in [-0.2, -0.15) is 0 Å². The number of rotatable bonds is 7. The molecular formula is C22H27N3O5. The van der Waals surface area contributed by atoms with E-state index in [9.17, 15) is 14.4 Å². The Morgan fingerprint density at radius 1 is 0.933 bits per heavy atom. The molecule has 0 saturated heterocycles. The van der Waals surface area contributed by atoms with E-state index < -0.39 is 11.7 Å². The number of hydrogen-bond acceptors (Lipinski definition) is 5. The first-order valence-corrected chi connectivity index (χ1v) is 9.45. The van der Waals surface area contributed by atoms with Gasteiger partial charge in [-0.15, -0.1) is 0 Å². The summed E-state index contributed by atoms with van der Waals surface area (Å²) in [6, 6.07) is 14.0. The van der Waals surface area contributed by atoms with E-state index in [1.807, 2.05) is 0 Å². The highest BCUT2D eigenvalue weighted by atomic mass is 16.6. The van der Waals surface area contributed by atoms with Gasteiger partial charge < -0.3 is 25.4 Å². The summed E-state index contributed by atoms with van der Waals surface area (Å²) >= 11 is 0. The molecule has 3 N–H and O–H groups in total. The van der Waals surface area contributed by atoms with Crippen molar-refractivity contribution in [2.45, 2.75) is 32.9 Å². The zero-order valence-electron chi connectivity index (χ0n) is 17.6. The van der Waals surface area contributed by atoms with E-state index in [4.69, 9.17) is 9.47 Å². The van der Waals surface area contributed by atoms with Crippen LogP contribution in [0.3, 0.4) is 0 Å². The first kappa shape index (κ1) is 22.7. The SMILES string of the molecule is COc1ccccc1C(=O)NCc1ccc(NC(=O)CNC(=O)OC(C)(C)C)cc1. The van der Waals surface area contributed by atoms with Crippen molar-refractivity contribution in [3.63, 3.8) is 0 Å². The molecule has 0 unspecified atom stereocenters. The molecule has 2 aromatic carbocycles. The van der Waals surface area contributed by atoms with Crippen LogP contribution in [0.5, 0.6) is 5.75 Å². The summed E-state index contributed by atoms with van der Waals surface area (Å²) in [6.07, 6.45) is -0.654. The molecule has 0 heterocycles. The van der Waals surface area contributed by atoms with Gasteiger partial charge in [0, 0.05) is 12.2 Å². The van der Waals surface area contributed by atoms with Crippen LogP contribution in [0.4, 0.5) is 10.5 Å². The first-order chi connectivity index (χ1) is 14.2. The number of hydrogen-bond donors (Lipinski definition) is 3. The molecule has 160 valence electrons. The Hall–Kier alpha value is -3.55. The monoisotopic (exact) mass is 413 g/mol. The quantitative estimate of drug-likeness (QED) is 0.647. The molecule has 0 fully saturated rings. The second kappa shape index (κ2) is 10.3. The Labute approximate surface area is 175 Å². The fourth-order valence-electron chi connectivity index (χ4n) is 2.49. The lowest BCUT2D eigenvalue weighted by atomic mass is 10.1. The maximum Gasteiger partial charge on any atom is 0.408 e. The summed E-state index contributed by atoms with van der Waals surface area (Å²) in [5, 5.41) is 7.91. The lowest BCUT2D eigenvalue weighted by Gasteiger charge is -2.19. The molecule has 0 bridgehead atoms. The maximum atomic E-state index is 12.3. The molecule has 0 aliphatic heterocycles. The first-order valence-electron chi connectivity index (χ1n) is 9.45. The largest absolute Gasteiger partial charge is 0.496 e. The van der Waals surface area contributed by atoms with Gasteiger partial charge in [0.2, 0.25) is 5.91 Å². The molecule has 8 nitrogen and oxygen atoms in total. The van der Waals surface area contributed by atoms with Gasteiger partial charge in [-0.05, 0) is 50.6 Å². The number of amides is 3. The predicted molar refractivity (Wildman–Crippen MR) is 113 cm³/mol. The van der Waals surface area contributed by atoms with Gasteiger partial charge in [0.15, 0.2) is 0 Å². The van der Waals surface area contributed by atoms with Crippen LogP contribution in [0, 0.1) is 0 Å². The highest BCUT2D eigenvalue weighted by Crippen LogP contribution is 2.17. The third-order valence-corrected chi connectivity index (χ3v) is 3.83. The molecule has 0 aromatic heterocycles. The highest BCUT2D eigenvalue weighted by molar-refractivity contribution is 5.97. The molecule has 8 heteroatoms. The Kier molecular flexibility index (Phi) is 7.80. The third kappa shape index (κ3) is 7.46. The van der Waals surface area contributed by atoms with E-state index in [1.165, 1.54) is 7.11 Å². The summed E-state index contributed by atoms with van der Waals surface area (Å²) in [4.78, 5) is 35.9. The van der Waals surface area contributed by atoms with E-state index in [0.717, 1.165) is 5.56 Å². The number of ether oxygens (including phenoxy) is 2. The van der Waals surface area contributed by atoms with Crippen LogP contribution in [0.25, 0.3) is 0 Å². The van der Waals surface area contributed by atoms with E-state index in [1.54, 1.807) is 69.3 Å². The second-order valence-electron chi connectivity index (χ2n) is 7.48. The van der Waals surface area contributed by atoms with Crippen molar-refractivity contribution in [2.24, 2.45) is 0 Å². The lowest BCUT2D eigenvalue weighted by molar-refractivity contribution is -0.115. The van der Waals surface area contributed by atoms with E-state index in [-0.39, 0.29) is 18.4 Å². The molecule has 0 aliphatic carbocycles. The molecule has 30 heavy (non-hydrogen) atoms. The fourth-order valence-corrected chi connectivity index (χ4v) is 2.49. The standard InChI is InChI=1S/C22H27N3O5/c1-22(2,3)30-21(28)24-14-19(26)25-16-11-9-15(10-12-16)13-23-20(27)17-7-5-6-8-18(17)29-4/h5-12H,13-14H2,1-4H3,(H,23,27)(H,24,28)(H,25,26). The fraction of sp³-hybridized carbons (Fsp3) is 0.318. The normalized spacial score (nSPS) is 10.7. The van der Waals surface area contributed by atoms with Gasteiger partial charge in [0.25, 0.3) is 5.91 Å². The summed E-state index contributed by atoms with van der Waals surface area (Å²) in [5.74, 6) is -0.107. The zero-order chi connectivity index (χ0) is 22.1. The van der Waals surface area contributed by atoms with Crippen molar-refractivity contribution in [3.8, 4) is 5.75 Å². The van der Waals surface area contributed by atoms with Gasteiger partial charge in [0.1, 0.15) is 17.9 Å². The minimum Gasteiger partial charge on any atom is -0.496 e. The second-order valence-corrected chi connectivity index (χ2v) is 7.48. The number of nitrogens with one attached hydrogen (secondary N) is 3. The number of benzene rings is 2. The van der Waals surface area contributed by atoms with Crippen molar-refractivity contribution in [1.82, 2.24) is 10.6 Å². The number of alkyl carbamates (subject to hydrolysis) is 1. The topological polar surface area (TPSA) is 106 Å². The van der Waals surface area contributed by atoms with Crippen LogP contribution in [-0.4, -0.2) is 37.2 Å². The molecular weight excluding hydrogens is 386 g/mol. The Balaban J connectivity index is 1.81. The predicted octanol–water partition coefficient (Wildman–Crippen LogP) is 3.09. The summed E-state index contributed by atoms with van der Waals surface area (Å²) in [6.45, 7) is 5.35. The molecule has 3 amide bonds. The van der Waals surface area contributed by atoms with Gasteiger partial charge in [-0.25, -0.2) is 4.79 Å². The molecule has 0 spiro atoms. The minimum atomic E-state index is -0.654. The smallest absolute Gasteiger partial charge is 0.408 e. The van der Waals surface area contributed by atoms with Crippen LogP contribution < -0.4 is 20.7 Å². The van der Waals surface area contributed by atoms with Crippen molar-refractivity contribution in [1.29, 1.82) is 0 Å². The highest BCUT2D eigenvalue weighted by Gasteiger charge is 2.16. The van der Waals surface area contributed by atoms with Crippen LogP contribution in [0.2, 0.25) is 0 Å². The van der Waals surface area contributed by atoms with Crippen molar-refractivity contribution in [3.05, 3.63) is 59.7 Å². The third-order valence-electron chi connectivity index (χ3n) is 3.83. The number of carbonyl (C=O) groups excluding carboxylic acids is 3. The molecule has 0 aliphatic rings. The van der Waals surface area contributed by atoms with Crippen molar-refractivity contribution < 1.29 is 23.9 Å². The van der Waals surface area contributed by atoms with Gasteiger partial charge in [-0.1, -0.05) is 24.3 Å². The van der Waals surface area contributed by atoms with Gasteiger partial charge >= 0.3 is 6.09 Å². The van der Waals surface area contributed by atoms with Crippen molar-refractivity contribution in [2.75, 3.05) is 19.0 Å². The zero-order valence-corrected chi connectivity index (χ0v) is 17.6. The number of para-hydroxylation sites is 1. The summed E-state index contributed by atoms with van der Waals surface area (Å²) in [5.41, 5.74) is 1.27. The molecule has 0 atom stereocenters. The lowest BCUT2D eigenvalue weighted by Crippen LogP contribution is -2.37. The molecule has 2 rings (SSSR count). The Bertz CT molecular complexity index is 888. The maximum absolute atomic E-state index is 12.3. The Morgan fingerprint density at radius 3 is 2.23 bits per heavy atom. The summed E-state index contributed by atoms with van der Waals surface area (Å²) in [7, 11) is 1.52. The minimum absolute atomic E-state index is 0.203. The summed E-state index contributed by atoms with van der Waals surface area (Å²) < 4.78 is 10.3. The van der Waals surface area contributed by atoms with Gasteiger partial charge in [0.05, 0.1) is 12.7 Å². The molecule has 0 radical (unpaired) electrons. The van der Waals surface area contributed by atoms with Crippen LogP contribution in [-0.2, 0) is 16.1 Å². The van der Waals surface area contributed by atoms with Gasteiger partial charge in [-0.3, -0.25) is 9.59 Å². The Morgan fingerprint density at radius 2 is 1.60 bits per heavy atom. The number of carbonyl (C=O) groups is 3. The van der Waals surface area contributed by atoms with E-state index in [2.05, 4.69) is 16.0 Å². The average molecular weight is 413 g/mol. The number of methoxy groups -OCH3 is 1. The van der Waals surface area contributed by atoms with E-state index >= 15 is 0 Å². The van der Waals surface area contributed by atoms with Crippen molar-refractivity contribution >= 4 is 23.6 Å². The number of anilines is 1. The van der Waals surface area contributed by atoms with Crippen LogP contribution >= 0.6 is 0 Å². The molecule has 0 saturated carbocycles. The van der Waals surface area contributed by atoms with Crippen LogP contribution in [0.1, 0.15) is 36.7 Å². The van der Waals surface area contributed by atoms with E-state index in [0.29, 0.717) is 23.5 Å². The van der Waals surface area contributed by atoms with Crippen LogP contribution in [0.15, 0.2) is 48.5 Å².